The molecule has 0 bridgehead atoms. The van der Waals surface area contributed by atoms with Gasteiger partial charge in [-0.15, -0.1) is 0 Å². The number of carbonyl (C=O) groups is 2. The van der Waals surface area contributed by atoms with Crippen LogP contribution in [-0.2, 0) is 16.0 Å². The lowest BCUT2D eigenvalue weighted by molar-refractivity contribution is -0.137. The number of benzene rings is 1. The van der Waals surface area contributed by atoms with Gasteiger partial charge in [-0.2, -0.15) is 0 Å². The summed E-state index contributed by atoms with van der Waals surface area (Å²) in [5.74, 6) is -1.49. The van der Waals surface area contributed by atoms with Crippen LogP contribution in [0.2, 0.25) is 0 Å². The summed E-state index contributed by atoms with van der Waals surface area (Å²) in [5.41, 5.74) is 0.598. The molecule has 2 N–H and O–H groups in total. The van der Waals surface area contributed by atoms with E-state index in [1.807, 2.05) is 0 Å². The van der Waals surface area contributed by atoms with Gasteiger partial charge in [-0.25, -0.2) is 4.39 Å². The van der Waals surface area contributed by atoms with Crippen molar-refractivity contribution in [1.82, 2.24) is 5.32 Å². The van der Waals surface area contributed by atoms with Gasteiger partial charge in [0.15, 0.2) is 0 Å². The summed E-state index contributed by atoms with van der Waals surface area (Å²) >= 11 is 0. The van der Waals surface area contributed by atoms with Gasteiger partial charge in [0.1, 0.15) is 5.82 Å². The molecule has 1 rings (SSSR count). The van der Waals surface area contributed by atoms with Crippen LogP contribution in [0.25, 0.3) is 0 Å². The van der Waals surface area contributed by atoms with Crippen molar-refractivity contribution in [1.29, 1.82) is 0 Å². The number of rotatable bonds is 6. The number of carboxylic acids is 1. The number of halogens is 1. The quantitative estimate of drug-likeness (QED) is 0.736. The van der Waals surface area contributed by atoms with Crippen LogP contribution in [0.5, 0.6) is 0 Å². The van der Waals surface area contributed by atoms with E-state index in [2.05, 4.69) is 5.32 Å². The van der Waals surface area contributed by atoms with Crippen LogP contribution in [0, 0.1) is 5.82 Å². The Balaban J connectivity index is 2.27. The Bertz CT molecular complexity index is 406. The number of aliphatic carboxylic acids is 1. The zero-order valence-electron chi connectivity index (χ0n) is 9.28. The molecule has 0 aliphatic carbocycles. The normalized spacial score (nSPS) is 9.94. The van der Waals surface area contributed by atoms with Crippen LogP contribution in [0.4, 0.5) is 4.39 Å². The smallest absolute Gasteiger partial charge is 0.303 e. The van der Waals surface area contributed by atoms with Gasteiger partial charge in [0, 0.05) is 13.0 Å². The Morgan fingerprint density at radius 3 is 2.76 bits per heavy atom. The SMILES string of the molecule is O=C(O)CCCNC(=O)Cc1cccc(F)c1. The lowest BCUT2D eigenvalue weighted by Gasteiger charge is -2.04. The Kier molecular flexibility index (Phi) is 5.13. The number of amides is 1. The minimum absolute atomic E-state index is 0.0280. The molecule has 17 heavy (non-hydrogen) atoms. The van der Waals surface area contributed by atoms with Crippen molar-refractivity contribution in [3.8, 4) is 0 Å². The molecule has 92 valence electrons. The Labute approximate surface area is 98.5 Å². The molecule has 0 spiro atoms. The van der Waals surface area contributed by atoms with Crippen LogP contribution < -0.4 is 5.32 Å². The Morgan fingerprint density at radius 1 is 1.35 bits per heavy atom. The molecule has 4 nitrogen and oxygen atoms in total. The van der Waals surface area contributed by atoms with Gasteiger partial charge < -0.3 is 10.4 Å². The molecule has 0 fully saturated rings. The zero-order chi connectivity index (χ0) is 12.7. The molecule has 0 aliphatic heterocycles. The molecule has 0 aromatic heterocycles. The fraction of sp³-hybridized carbons (Fsp3) is 0.333. The summed E-state index contributed by atoms with van der Waals surface area (Å²) in [5, 5.41) is 11.0. The third-order valence-corrected chi connectivity index (χ3v) is 2.14. The number of carboxylic acid groups (broad SMARTS) is 1. The zero-order valence-corrected chi connectivity index (χ0v) is 9.28. The van der Waals surface area contributed by atoms with Gasteiger partial charge in [-0.3, -0.25) is 9.59 Å². The van der Waals surface area contributed by atoms with Gasteiger partial charge in [0.2, 0.25) is 5.91 Å². The second-order valence-electron chi connectivity index (χ2n) is 3.65. The van der Waals surface area contributed by atoms with E-state index in [4.69, 9.17) is 5.11 Å². The van der Waals surface area contributed by atoms with Gasteiger partial charge in [0.25, 0.3) is 0 Å². The Morgan fingerprint density at radius 2 is 2.12 bits per heavy atom. The van der Waals surface area contributed by atoms with Crippen LogP contribution >= 0.6 is 0 Å². The monoisotopic (exact) mass is 239 g/mol. The van der Waals surface area contributed by atoms with Gasteiger partial charge in [-0.05, 0) is 24.1 Å². The predicted octanol–water partition coefficient (Wildman–Crippen LogP) is 1.35. The fourth-order valence-electron chi connectivity index (χ4n) is 1.36. The summed E-state index contributed by atoms with van der Waals surface area (Å²) in [6.07, 6.45) is 0.523. The van der Waals surface area contributed by atoms with E-state index >= 15 is 0 Å². The highest BCUT2D eigenvalue weighted by Gasteiger charge is 2.04. The minimum atomic E-state index is -0.885. The highest BCUT2D eigenvalue weighted by Crippen LogP contribution is 2.04. The molecular weight excluding hydrogens is 225 g/mol. The van der Waals surface area contributed by atoms with Crippen molar-refractivity contribution < 1.29 is 19.1 Å². The molecular formula is C12H14FNO3. The van der Waals surface area contributed by atoms with Gasteiger partial charge in [0.05, 0.1) is 6.42 Å². The first-order valence-corrected chi connectivity index (χ1v) is 5.31. The van der Waals surface area contributed by atoms with Crippen molar-refractivity contribution in [3.05, 3.63) is 35.6 Å². The molecule has 1 aromatic rings. The first kappa shape index (κ1) is 13.2. The second-order valence-corrected chi connectivity index (χ2v) is 3.65. The van der Waals surface area contributed by atoms with E-state index in [1.54, 1.807) is 12.1 Å². The van der Waals surface area contributed by atoms with E-state index in [0.717, 1.165) is 0 Å². The number of hydrogen-bond acceptors (Lipinski definition) is 2. The van der Waals surface area contributed by atoms with Crippen LogP contribution in [0.1, 0.15) is 18.4 Å². The third kappa shape index (κ3) is 5.65. The fourth-order valence-corrected chi connectivity index (χ4v) is 1.36. The maximum Gasteiger partial charge on any atom is 0.303 e. The molecule has 0 radical (unpaired) electrons. The molecule has 0 saturated carbocycles. The van der Waals surface area contributed by atoms with Gasteiger partial charge >= 0.3 is 5.97 Å². The Hall–Kier alpha value is -1.91. The predicted molar refractivity (Wildman–Crippen MR) is 60.0 cm³/mol. The summed E-state index contributed by atoms with van der Waals surface area (Å²) in [6, 6.07) is 5.83. The highest BCUT2D eigenvalue weighted by atomic mass is 19.1. The minimum Gasteiger partial charge on any atom is -0.481 e. The lowest BCUT2D eigenvalue weighted by atomic mass is 10.1. The molecule has 0 unspecified atom stereocenters. The average Bonchev–Trinajstić information content (AvgIpc) is 2.24. The summed E-state index contributed by atoms with van der Waals surface area (Å²) in [6.45, 7) is 0.320. The van der Waals surface area contributed by atoms with E-state index in [0.29, 0.717) is 18.5 Å². The standard InChI is InChI=1S/C12H14FNO3/c13-10-4-1-3-9(7-10)8-11(15)14-6-2-5-12(16)17/h1,3-4,7H,2,5-6,8H2,(H,14,15)(H,16,17). The summed E-state index contributed by atoms with van der Waals surface area (Å²) in [7, 11) is 0. The van der Waals surface area contributed by atoms with Gasteiger partial charge in [-0.1, -0.05) is 12.1 Å². The first-order valence-electron chi connectivity index (χ1n) is 5.31. The summed E-state index contributed by atoms with van der Waals surface area (Å²) < 4.78 is 12.8. The molecule has 0 aliphatic rings. The molecule has 0 heterocycles. The number of hydrogen-bond donors (Lipinski definition) is 2. The largest absolute Gasteiger partial charge is 0.481 e. The van der Waals surface area contributed by atoms with E-state index < -0.39 is 5.97 Å². The number of carbonyl (C=O) groups excluding carboxylic acids is 1. The number of nitrogens with one attached hydrogen (secondary N) is 1. The van der Waals surface area contributed by atoms with Crippen molar-refractivity contribution in [2.75, 3.05) is 6.54 Å². The summed E-state index contributed by atoms with van der Waals surface area (Å²) in [4.78, 5) is 21.6. The second kappa shape index (κ2) is 6.62. The van der Waals surface area contributed by atoms with Crippen LogP contribution in [-0.4, -0.2) is 23.5 Å². The van der Waals surface area contributed by atoms with Crippen LogP contribution in [0.15, 0.2) is 24.3 Å². The van der Waals surface area contributed by atoms with Crippen molar-refractivity contribution in [2.24, 2.45) is 0 Å². The average molecular weight is 239 g/mol. The topological polar surface area (TPSA) is 66.4 Å². The van der Waals surface area contributed by atoms with Crippen molar-refractivity contribution in [2.45, 2.75) is 19.3 Å². The van der Waals surface area contributed by atoms with Crippen molar-refractivity contribution >= 4 is 11.9 Å². The molecule has 0 saturated heterocycles. The maximum atomic E-state index is 12.8. The third-order valence-electron chi connectivity index (χ3n) is 2.14. The molecule has 1 aromatic carbocycles. The van der Waals surface area contributed by atoms with Crippen molar-refractivity contribution in [3.63, 3.8) is 0 Å². The maximum absolute atomic E-state index is 12.8. The van der Waals surface area contributed by atoms with E-state index in [9.17, 15) is 14.0 Å². The van der Waals surface area contributed by atoms with E-state index in [1.165, 1.54) is 12.1 Å². The molecule has 5 heteroatoms. The lowest BCUT2D eigenvalue weighted by Crippen LogP contribution is -2.26. The first-order chi connectivity index (χ1) is 8.08. The molecule has 1 amide bonds. The van der Waals surface area contributed by atoms with Crippen LogP contribution in [0.3, 0.4) is 0 Å². The van der Waals surface area contributed by atoms with E-state index in [-0.39, 0.29) is 24.6 Å². The molecule has 0 atom stereocenters. The highest BCUT2D eigenvalue weighted by molar-refractivity contribution is 5.78.